The lowest BCUT2D eigenvalue weighted by Gasteiger charge is -2.08. The summed E-state index contributed by atoms with van der Waals surface area (Å²) >= 11 is 3.20. The van der Waals surface area contributed by atoms with Crippen LogP contribution in [-0.4, -0.2) is 18.7 Å². The fraction of sp³-hybridized carbons (Fsp3) is 0.0588. The molecule has 0 saturated carbocycles. The summed E-state index contributed by atoms with van der Waals surface area (Å²) in [5.41, 5.74) is 3.37. The second-order valence-electron chi connectivity index (χ2n) is 4.82. The van der Waals surface area contributed by atoms with E-state index >= 15 is 0 Å². The summed E-state index contributed by atoms with van der Waals surface area (Å²) in [6.07, 6.45) is 1.45. The number of hydrogen-bond donors (Lipinski definition) is 2. The molecule has 0 radical (unpaired) electrons. The molecule has 3 rings (SSSR count). The molecule has 1 amide bonds. The zero-order valence-corrected chi connectivity index (χ0v) is 13.7. The lowest BCUT2D eigenvalue weighted by atomic mass is 10.1. The molecule has 1 heterocycles. The van der Waals surface area contributed by atoms with Gasteiger partial charge in [0, 0.05) is 11.1 Å². The molecule has 0 spiro atoms. The number of carbonyl (C=O) groups is 1. The number of benzene rings is 2. The van der Waals surface area contributed by atoms with Crippen LogP contribution in [0.5, 0.6) is 0 Å². The zero-order valence-electron chi connectivity index (χ0n) is 12.1. The number of fused-ring (bicyclic) bond motifs is 1. The van der Waals surface area contributed by atoms with Gasteiger partial charge in [-0.15, -0.1) is 0 Å². The molecule has 5 nitrogen and oxygen atoms in total. The second kappa shape index (κ2) is 7.11. The lowest BCUT2D eigenvalue weighted by Crippen LogP contribution is -2.25. The van der Waals surface area contributed by atoms with Crippen LogP contribution < -0.4 is 10.7 Å². The summed E-state index contributed by atoms with van der Waals surface area (Å²) in [5.74, 6) is 0.319. The molecule has 0 atom stereocenters. The molecule has 116 valence electrons. The molecule has 0 aliphatic heterocycles. The number of halogens is 1. The number of furan rings is 1. The Bertz CT molecular complexity index is 852. The third kappa shape index (κ3) is 3.98. The maximum Gasteiger partial charge on any atom is 0.259 e. The van der Waals surface area contributed by atoms with E-state index in [9.17, 15) is 4.79 Å². The van der Waals surface area contributed by atoms with Crippen LogP contribution >= 0.6 is 15.9 Å². The average molecular weight is 372 g/mol. The van der Waals surface area contributed by atoms with Gasteiger partial charge in [-0.3, -0.25) is 4.79 Å². The Balaban J connectivity index is 1.57. The first kappa shape index (κ1) is 15.3. The maximum atomic E-state index is 11.8. The van der Waals surface area contributed by atoms with E-state index in [1.807, 2.05) is 42.5 Å². The van der Waals surface area contributed by atoms with Gasteiger partial charge in [0.2, 0.25) is 0 Å². The quantitative estimate of drug-likeness (QED) is 0.530. The Morgan fingerprint density at radius 2 is 1.96 bits per heavy atom. The molecule has 0 aliphatic rings. The minimum absolute atomic E-state index is 0.132. The number of hydrogen-bond acceptors (Lipinski definition) is 4. The van der Waals surface area contributed by atoms with Crippen molar-refractivity contribution in [1.29, 1.82) is 0 Å². The molecule has 1 aromatic heterocycles. The molecule has 2 aromatic carbocycles. The van der Waals surface area contributed by atoms with Gasteiger partial charge in [0.1, 0.15) is 5.76 Å². The molecule has 3 aromatic rings. The summed E-state index contributed by atoms with van der Waals surface area (Å²) in [6.45, 7) is 0.132. The Kier molecular flexibility index (Phi) is 4.73. The van der Waals surface area contributed by atoms with Crippen molar-refractivity contribution in [2.45, 2.75) is 0 Å². The molecular formula is C17H14BrN3O2. The maximum absolute atomic E-state index is 11.8. The Hall–Kier alpha value is -2.60. The Morgan fingerprint density at radius 3 is 2.78 bits per heavy atom. The predicted molar refractivity (Wildman–Crippen MR) is 94.6 cm³/mol. The number of nitrogens with one attached hydrogen (secondary N) is 2. The highest BCUT2D eigenvalue weighted by molar-refractivity contribution is 9.10. The molecule has 0 fully saturated rings. The average Bonchev–Trinajstić information content (AvgIpc) is 2.98. The largest absolute Gasteiger partial charge is 0.448 e. The lowest BCUT2D eigenvalue weighted by molar-refractivity contribution is -0.119. The van der Waals surface area contributed by atoms with E-state index in [1.165, 1.54) is 6.21 Å². The third-order valence-electron chi connectivity index (χ3n) is 3.20. The Morgan fingerprint density at radius 1 is 1.13 bits per heavy atom. The summed E-state index contributed by atoms with van der Waals surface area (Å²) < 4.78 is 5.86. The predicted octanol–water partition coefficient (Wildman–Crippen LogP) is 3.76. The van der Waals surface area contributed by atoms with Gasteiger partial charge in [0.15, 0.2) is 4.67 Å². The summed E-state index contributed by atoms with van der Waals surface area (Å²) in [5, 5.41) is 9.17. The molecule has 6 heteroatoms. The van der Waals surface area contributed by atoms with Gasteiger partial charge in [-0.05, 0) is 39.5 Å². The standard InChI is InChI=1S/C17H14BrN3O2/c18-16-9-8-13(23-16)10-20-21-17(22)11-19-15-7-3-5-12-4-1-2-6-14(12)15/h1-10,19H,11H2,(H,21,22)/b20-10-. The number of rotatable bonds is 5. The fourth-order valence-corrected chi connectivity index (χ4v) is 2.48. The van der Waals surface area contributed by atoms with Gasteiger partial charge < -0.3 is 9.73 Å². The number of anilines is 1. The monoisotopic (exact) mass is 371 g/mol. The number of nitrogens with zero attached hydrogens (tertiary/aromatic N) is 1. The first-order valence-electron chi connectivity index (χ1n) is 7.01. The van der Waals surface area contributed by atoms with Crippen molar-refractivity contribution >= 4 is 44.5 Å². The van der Waals surface area contributed by atoms with E-state index in [1.54, 1.807) is 12.1 Å². The van der Waals surface area contributed by atoms with Crippen molar-refractivity contribution < 1.29 is 9.21 Å². The van der Waals surface area contributed by atoms with Gasteiger partial charge >= 0.3 is 0 Å². The van der Waals surface area contributed by atoms with Crippen molar-refractivity contribution in [2.24, 2.45) is 5.10 Å². The molecule has 0 aliphatic carbocycles. The second-order valence-corrected chi connectivity index (χ2v) is 5.60. The zero-order chi connectivity index (χ0) is 16.1. The van der Waals surface area contributed by atoms with Crippen molar-refractivity contribution in [1.82, 2.24) is 5.43 Å². The van der Waals surface area contributed by atoms with Crippen LogP contribution in [0.2, 0.25) is 0 Å². The third-order valence-corrected chi connectivity index (χ3v) is 3.63. The van der Waals surface area contributed by atoms with Crippen LogP contribution in [0.1, 0.15) is 5.76 Å². The highest BCUT2D eigenvalue weighted by Gasteiger charge is 2.03. The van der Waals surface area contributed by atoms with E-state index in [0.717, 1.165) is 16.5 Å². The van der Waals surface area contributed by atoms with Gasteiger partial charge in [-0.2, -0.15) is 5.10 Å². The van der Waals surface area contributed by atoms with E-state index in [0.29, 0.717) is 10.4 Å². The minimum atomic E-state index is -0.236. The highest BCUT2D eigenvalue weighted by Crippen LogP contribution is 2.22. The SMILES string of the molecule is O=C(CNc1cccc2ccccc12)N/N=C\c1ccc(Br)o1. The molecule has 0 saturated heterocycles. The van der Waals surface area contributed by atoms with Gasteiger partial charge in [0.05, 0.1) is 12.8 Å². The Labute approximate surface area is 141 Å². The number of hydrazone groups is 1. The van der Waals surface area contributed by atoms with Crippen molar-refractivity contribution in [3.63, 3.8) is 0 Å². The van der Waals surface area contributed by atoms with E-state index in [-0.39, 0.29) is 12.5 Å². The molecular weight excluding hydrogens is 358 g/mol. The number of carbonyl (C=O) groups excluding carboxylic acids is 1. The van der Waals surface area contributed by atoms with Crippen molar-refractivity contribution in [3.05, 3.63) is 65.0 Å². The normalized spacial score (nSPS) is 11.0. The van der Waals surface area contributed by atoms with Crippen molar-refractivity contribution in [2.75, 3.05) is 11.9 Å². The van der Waals surface area contributed by atoms with E-state index < -0.39 is 0 Å². The van der Waals surface area contributed by atoms with Crippen LogP contribution in [0.4, 0.5) is 5.69 Å². The van der Waals surface area contributed by atoms with Crippen LogP contribution in [0, 0.1) is 0 Å². The topological polar surface area (TPSA) is 66.6 Å². The smallest absolute Gasteiger partial charge is 0.259 e. The van der Waals surface area contributed by atoms with Gasteiger partial charge in [-0.25, -0.2) is 5.43 Å². The van der Waals surface area contributed by atoms with Crippen LogP contribution in [0.25, 0.3) is 10.8 Å². The fourth-order valence-electron chi connectivity index (χ4n) is 2.16. The first-order chi connectivity index (χ1) is 11.2. The van der Waals surface area contributed by atoms with Crippen LogP contribution in [0.3, 0.4) is 0 Å². The number of amides is 1. The van der Waals surface area contributed by atoms with Gasteiger partial charge in [0.25, 0.3) is 5.91 Å². The first-order valence-corrected chi connectivity index (χ1v) is 7.80. The molecule has 2 N–H and O–H groups in total. The van der Waals surface area contributed by atoms with Crippen LogP contribution in [-0.2, 0) is 4.79 Å². The van der Waals surface area contributed by atoms with E-state index in [2.05, 4.69) is 31.8 Å². The van der Waals surface area contributed by atoms with Crippen LogP contribution in [0.15, 0.2) is 68.8 Å². The van der Waals surface area contributed by atoms with Crippen molar-refractivity contribution in [3.8, 4) is 0 Å². The molecule has 23 heavy (non-hydrogen) atoms. The van der Waals surface area contributed by atoms with E-state index in [4.69, 9.17) is 4.42 Å². The summed E-state index contributed by atoms with van der Waals surface area (Å²) in [6, 6.07) is 17.4. The molecule has 0 bridgehead atoms. The summed E-state index contributed by atoms with van der Waals surface area (Å²) in [7, 11) is 0. The van der Waals surface area contributed by atoms with Gasteiger partial charge in [-0.1, -0.05) is 36.4 Å². The highest BCUT2D eigenvalue weighted by atomic mass is 79.9. The summed E-state index contributed by atoms with van der Waals surface area (Å²) in [4.78, 5) is 11.8. The minimum Gasteiger partial charge on any atom is -0.448 e. The molecule has 0 unspecified atom stereocenters.